The van der Waals surface area contributed by atoms with Gasteiger partial charge in [-0.15, -0.1) is 0 Å². The number of nitrogens with zero attached hydrogens (tertiary/aromatic N) is 5. The van der Waals surface area contributed by atoms with Crippen LogP contribution in [0, 0.1) is 0 Å². The Hall–Kier alpha value is -3.06. The second-order valence-corrected chi connectivity index (χ2v) is 8.75. The van der Waals surface area contributed by atoms with Crippen molar-refractivity contribution < 1.29 is 4.79 Å². The minimum Gasteiger partial charge on any atom is -0.350 e. The van der Waals surface area contributed by atoms with Crippen LogP contribution in [0.4, 0.5) is 5.95 Å². The molecule has 0 bridgehead atoms. The number of para-hydroxylation sites is 1. The van der Waals surface area contributed by atoms with Crippen LogP contribution in [0.2, 0.25) is 0 Å². The number of fused-ring (bicyclic) bond motifs is 1. The van der Waals surface area contributed by atoms with Crippen LogP contribution in [-0.2, 0) is 6.54 Å². The number of carbonyl (C=O) groups excluding carboxylic acids is 1. The van der Waals surface area contributed by atoms with Crippen molar-refractivity contribution in [2.24, 2.45) is 0 Å². The van der Waals surface area contributed by atoms with Crippen LogP contribution in [-0.4, -0.2) is 59.0 Å². The zero-order chi connectivity index (χ0) is 22.0. The third-order valence-electron chi connectivity index (χ3n) is 5.59. The van der Waals surface area contributed by atoms with Crippen molar-refractivity contribution >= 4 is 22.8 Å². The third kappa shape index (κ3) is 4.82. The van der Waals surface area contributed by atoms with Crippen LogP contribution in [0.3, 0.4) is 0 Å². The fraction of sp³-hybridized carbons (Fsp3) is 0.417. The number of anilines is 1. The van der Waals surface area contributed by atoms with Gasteiger partial charge in [0.15, 0.2) is 0 Å². The molecule has 7 nitrogen and oxygen atoms in total. The molecule has 31 heavy (non-hydrogen) atoms. The molecule has 0 saturated carbocycles. The highest BCUT2D eigenvalue weighted by molar-refractivity contribution is 6.06. The molecule has 1 N–H and O–H groups in total. The predicted octanol–water partition coefficient (Wildman–Crippen LogP) is 3.22. The first kappa shape index (κ1) is 21.2. The molecule has 162 valence electrons. The number of rotatable bonds is 6. The monoisotopic (exact) mass is 418 g/mol. The highest BCUT2D eigenvalue weighted by Crippen LogP contribution is 2.30. The normalized spacial score (nSPS) is 16.7. The van der Waals surface area contributed by atoms with Gasteiger partial charge in [-0.25, -0.2) is 9.97 Å². The van der Waals surface area contributed by atoms with E-state index in [1.165, 1.54) is 0 Å². The summed E-state index contributed by atoms with van der Waals surface area (Å²) in [7, 11) is 3.87. The number of aromatic nitrogens is 3. The largest absolute Gasteiger partial charge is 0.350 e. The lowest BCUT2D eigenvalue weighted by atomic mass is 9.99. The zero-order valence-electron chi connectivity index (χ0n) is 18.7. The zero-order valence-corrected chi connectivity index (χ0v) is 18.7. The first-order valence-corrected chi connectivity index (χ1v) is 10.8. The second-order valence-electron chi connectivity index (χ2n) is 8.75. The predicted molar refractivity (Wildman–Crippen MR) is 123 cm³/mol. The maximum atomic E-state index is 12.9. The smallest absolute Gasteiger partial charge is 0.252 e. The van der Waals surface area contributed by atoms with Crippen LogP contribution in [0.1, 0.15) is 47.8 Å². The summed E-state index contributed by atoms with van der Waals surface area (Å²) in [4.78, 5) is 30.9. The molecule has 3 heterocycles. The number of pyridine rings is 1. The standard InChI is InChI=1S/C24H30N6O/c1-16(2)27-23(31)20-11-22(28-21-8-6-5-7-19(20)21)18-9-10-30(15-18)14-17-12-25-24(26-13-17)29(3)4/h5-8,11-13,16,18H,9-10,14-15H2,1-4H3,(H,27,31)/t18-/m1/s1. The summed E-state index contributed by atoms with van der Waals surface area (Å²) in [5.41, 5.74) is 3.68. The molecule has 1 amide bonds. The highest BCUT2D eigenvalue weighted by atomic mass is 16.1. The van der Waals surface area contributed by atoms with E-state index >= 15 is 0 Å². The van der Waals surface area contributed by atoms with E-state index in [0.29, 0.717) is 11.5 Å². The van der Waals surface area contributed by atoms with E-state index < -0.39 is 0 Å². The van der Waals surface area contributed by atoms with E-state index in [1.54, 1.807) is 0 Å². The van der Waals surface area contributed by atoms with Gasteiger partial charge in [-0.1, -0.05) is 18.2 Å². The Morgan fingerprint density at radius 2 is 1.97 bits per heavy atom. The Kier molecular flexibility index (Phi) is 6.13. The van der Waals surface area contributed by atoms with Crippen molar-refractivity contribution in [3.8, 4) is 0 Å². The molecule has 2 aromatic heterocycles. The fourth-order valence-electron chi connectivity index (χ4n) is 4.07. The lowest BCUT2D eigenvalue weighted by molar-refractivity contribution is 0.0944. The van der Waals surface area contributed by atoms with Gasteiger partial charge in [0.05, 0.1) is 11.1 Å². The number of hydrogen-bond acceptors (Lipinski definition) is 6. The third-order valence-corrected chi connectivity index (χ3v) is 5.59. The number of nitrogens with one attached hydrogen (secondary N) is 1. The molecule has 1 aliphatic heterocycles. The van der Waals surface area contributed by atoms with Crippen molar-refractivity contribution in [1.29, 1.82) is 0 Å². The number of likely N-dealkylation sites (tertiary alicyclic amines) is 1. The fourth-order valence-corrected chi connectivity index (χ4v) is 4.07. The molecule has 0 radical (unpaired) electrons. The van der Waals surface area contributed by atoms with E-state index in [-0.39, 0.29) is 11.9 Å². The first-order chi connectivity index (χ1) is 14.9. The van der Waals surface area contributed by atoms with E-state index in [0.717, 1.165) is 54.2 Å². The molecule has 0 aliphatic carbocycles. The van der Waals surface area contributed by atoms with E-state index in [2.05, 4.69) is 20.2 Å². The summed E-state index contributed by atoms with van der Waals surface area (Å²) in [6.07, 6.45) is 4.82. The number of benzene rings is 1. The van der Waals surface area contributed by atoms with Crippen LogP contribution < -0.4 is 10.2 Å². The Morgan fingerprint density at radius 3 is 2.68 bits per heavy atom. The molecule has 7 heteroatoms. The van der Waals surface area contributed by atoms with Gasteiger partial charge in [0.1, 0.15) is 0 Å². The highest BCUT2D eigenvalue weighted by Gasteiger charge is 2.26. The van der Waals surface area contributed by atoms with E-state index in [9.17, 15) is 4.79 Å². The SMILES string of the molecule is CC(C)NC(=O)c1cc([C@@H]2CCN(Cc3cnc(N(C)C)nc3)C2)nc2ccccc12. The average Bonchev–Trinajstić information content (AvgIpc) is 3.21. The molecule has 0 spiro atoms. The molecule has 1 aromatic carbocycles. The minimum atomic E-state index is -0.0390. The van der Waals surface area contributed by atoms with Crippen molar-refractivity contribution in [2.75, 3.05) is 32.1 Å². The molecular weight excluding hydrogens is 388 g/mol. The van der Waals surface area contributed by atoms with Crippen LogP contribution in [0.15, 0.2) is 42.7 Å². The quantitative estimate of drug-likeness (QED) is 0.663. The van der Waals surface area contributed by atoms with Crippen LogP contribution in [0.25, 0.3) is 10.9 Å². The van der Waals surface area contributed by atoms with Crippen molar-refractivity contribution in [1.82, 2.24) is 25.2 Å². The van der Waals surface area contributed by atoms with E-state index in [4.69, 9.17) is 4.98 Å². The summed E-state index contributed by atoms with van der Waals surface area (Å²) in [5, 5.41) is 3.93. The Balaban J connectivity index is 1.53. The van der Waals surface area contributed by atoms with Gasteiger partial charge in [0, 0.05) is 68.2 Å². The van der Waals surface area contributed by atoms with Crippen molar-refractivity contribution in [3.63, 3.8) is 0 Å². The Labute approximate surface area is 183 Å². The van der Waals surface area contributed by atoms with E-state index in [1.807, 2.05) is 75.6 Å². The second kappa shape index (κ2) is 8.98. The average molecular weight is 419 g/mol. The van der Waals surface area contributed by atoms with Gasteiger partial charge >= 0.3 is 0 Å². The van der Waals surface area contributed by atoms with Crippen LogP contribution in [0.5, 0.6) is 0 Å². The van der Waals surface area contributed by atoms with Gasteiger partial charge in [-0.3, -0.25) is 14.7 Å². The molecule has 1 saturated heterocycles. The van der Waals surface area contributed by atoms with Crippen molar-refractivity contribution in [3.05, 3.63) is 59.5 Å². The molecule has 1 aliphatic rings. The van der Waals surface area contributed by atoms with Gasteiger partial charge in [0.2, 0.25) is 5.95 Å². The summed E-state index contributed by atoms with van der Waals surface area (Å²) in [6, 6.07) is 9.97. The summed E-state index contributed by atoms with van der Waals surface area (Å²) < 4.78 is 0. The van der Waals surface area contributed by atoms with Gasteiger partial charge in [0.25, 0.3) is 5.91 Å². The first-order valence-electron chi connectivity index (χ1n) is 10.8. The van der Waals surface area contributed by atoms with Gasteiger partial charge in [-0.2, -0.15) is 0 Å². The molecule has 4 rings (SSSR count). The Bertz CT molecular complexity index is 1060. The molecular formula is C24H30N6O. The maximum absolute atomic E-state index is 12.9. The Morgan fingerprint density at radius 1 is 1.23 bits per heavy atom. The van der Waals surface area contributed by atoms with Gasteiger partial charge < -0.3 is 10.2 Å². The van der Waals surface area contributed by atoms with Gasteiger partial charge in [-0.05, 0) is 38.9 Å². The van der Waals surface area contributed by atoms with Crippen LogP contribution >= 0.6 is 0 Å². The summed E-state index contributed by atoms with van der Waals surface area (Å²) in [6.45, 7) is 6.67. The lowest BCUT2D eigenvalue weighted by Crippen LogP contribution is -2.30. The number of hydrogen-bond donors (Lipinski definition) is 1. The topological polar surface area (TPSA) is 74.2 Å². The lowest BCUT2D eigenvalue weighted by Gasteiger charge is -2.17. The number of carbonyl (C=O) groups is 1. The molecule has 3 aromatic rings. The maximum Gasteiger partial charge on any atom is 0.252 e. The number of amides is 1. The minimum absolute atomic E-state index is 0.0390. The molecule has 0 unspecified atom stereocenters. The summed E-state index contributed by atoms with van der Waals surface area (Å²) in [5.74, 6) is 0.982. The summed E-state index contributed by atoms with van der Waals surface area (Å²) >= 11 is 0. The van der Waals surface area contributed by atoms with Crippen molar-refractivity contribution in [2.45, 2.75) is 38.8 Å². The molecule has 1 atom stereocenters. The molecule has 1 fully saturated rings.